The predicted molar refractivity (Wildman–Crippen MR) is 89.1 cm³/mol. The van der Waals surface area contributed by atoms with Crippen molar-refractivity contribution >= 4 is 0 Å². The molecule has 1 saturated carbocycles. The van der Waals surface area contributed by atoms with Gasteiger partial charge in [-0.3, -0.25) is 0 Å². The Labute approximate surface area is 126 Å². The van der Waals surface area contributed by atoms with E-state index >= 15 is 0 Å². The van der Waals surface area contributed by atoms with Crippen molar-refractivity contribution in [2.45, 2.75) is 96.4 Å². The van der Waals surface area contributed by atoms with Crippen LogP contribution >= 0.6 is 0 Å². The second-order valence-electron chi connectivity index (χ2n) is 6.92. The number of allylic oxidation sites excluding steroid dienone is 1. The van der Waals surface area contributed by atoms with E-state index < -0.39 is 0 Å². The van der Waals surface area contributed by atoms with Gasteiger partial charge >= 0.3 is 0 Å². The lowest BCUT2D eigenvalue weighted by Crippen LogP contribution is -2.38. The van der Waals surface area contributed by atoms with Crippen LogP contribution in [0.5, 0.6) is 0 Å². The molecule has 1 fully saturated rings. The second kappa shape index (κ2) is 9.60. The van der Waals surface area contributed by atoms with Gasteiger partial charge < -0.3 is 5.32 Å². The van der Waals surface area contributed by atoms with Crippen molar-refractivity contribution in [2.75, 3.05) is 6.54 Å². The molecule has 0 radical (unpaired) electrons. The maximum absolute atomic E-state index is 3.92. The molecule has 20 heavy (non-hydrogen) atoms. The predicted octanol–water partition coefficient (Wildman–Crippen LogP) is 5.61. The molecule has 2 rings (SSSR count). The third-order valence-electron chi connectivity index (χ3n) is 5.21. The summed E-state index contributed by atoms with van der Waals surface area (Å²) in [4.78, 5) is 0. The van der Waals surface area contributed by atoms with Gasteiger partial charge in [0.1, 0.15) is 0 Å². The van der Waals surface area contributed by atoms with Crippen molar-refractivity contribution in [3.63, 3.8) is 0 Å². The summed E-state index contributed by atoms with van der Waals surface area (Å²) in [6.07, 6.45) is 21.0. The van der Waals surface area contributed by atoms with E-state index in [-0.39, 0.29) is 0 Å². The standard InChI is InChI=1S/C19H35N/c1-2-16-20-19(18-14-10-6-7-11-15-18)17-12-8-4-3-5-9-13-17/h12,18-20H,2-11,13-16H2,1H3. The highest BCUT2D eigenvalue weighted by atomic mass is 14.9. The lowest BCUT2D eigenvalue weighted by molar-refractivity contribution is 0.343. The lowest BCUT2D eigenvalue weighted by Gasteiger charge is -2.31. The maximum atomic E-state index is 3.92. The number of nitrogens with one attached hydrogen (secondary N) is 1. The summed E-state index contributed by atoms with van der Waals surface area (Å²) >= 11 is 0. The molecular formula is C19H35N. The molecule has 2 aliphatic rings. The topological polar surface area (TPSA) is 12.0 Å². The van der Waals surface area contributed by atoms with E-state index in [4.69, 9.17) is 0 Å². The summed E-state index contributed by atoms with van der Waals surface area (Å²) in [6.45, 7) is 3.49. The van der Waals surface area contributed by atoms with Crippen LogP contribution in [0, 0.1) is 5.92 Å². The van der Waals surface area contributed by atoms with Gasteiger partial charge in [-0.1, -0.05) is 57.1 Å². The maximum Gasteiger partial charge on any atom is 0.0307 e. The van der Waals surface area contributed by atoms with Gasteiger partial charge in [0.15, 0.2) is 0 Å². The molecule has 1 heteroatoms. The molecule has 0 saturated heterocycles. The van der Waals surface area contributed by atoms with Gasteiger partial charge in [-0.05, 0) is 57.4 Å². The monoisotopic (exact) mass is 277 g/mol. The minimum atomic E-state index is 0.700. The molecule has 1 nitrogen and oxygen atoms in total. The van der Waals surface area contributed by atoms with E-state index in [1.807, 2.05) is 0 Å². The zero-order valence-electron chi connectivity index (χ0n) is 13.6. The Bertz CT molecular complexity index is 273. The zero-order chi connectivity index (χ0) is 14.0. The van der Waals surface area contributed by atoms with E-state index in [1.54, 1.807) is 5.57 Å². The molecule has 2 aliphatic carbocycles. The van der Waals surface area contributed by atoms with Crippen molar-refractivity contribution in [1.82, 2.24) is 5.32 Å². The Hall–Kier alpha value is -0.300. The van der Waals surface area contributed by atoms with E-state index in [1.165, 1.54) is 90.0 Å². The van der Waals surface area contributed by atoms with Crippen LogP contribution < -0.4 is 5.32 Å². The Balaban J connectivity index is 2.03. The summed E-state index contributed by atoms with van der Waals surface area (Å²) in [5, 5.41) is 3.92. The summed E-state index contributed by atoms with van der Waals surface area (Å²) in [5.41, 5.74) is 1.77. The fraction of sp³-hybridized carbons (Fsp3) is 0.895. The summed E-state index contributed by atoms with van der Waals surface area (Å²) in [5.74, 6) is 0.912. The van der Waals surface area contributed by atoms with E-state index in [0.29, 0.717) is 6.04 Å². The van der Waals surface area contributed by atoms with Crippen LogP contribution in [0.1, 0.15) is 90.4 Å². The highest BCUT2D eigenvalue weighted by Gasteiger charge is 2.25. The number of hydrogen-bond donors (Lipinski definition) is 1. The molecule has 1 unspecified atom stereocenters. The molecule has 116 valence electrons. The van der Waals surface area contributed by atoms with Gasteiger partial charge in [0, 0.05) is 6.04 Å². The molecular weight excluding hydrogens is 242 g/mol. The average molecular weight is 277 g/mol. The average Bonchev–Trinajstić information content (AvgIpc) is 2.70. The lowest BCUT2D eigenvalue weighted by atomic mass is 9.83. The van der Waals surface area contributed by atoms with Crippen LogP contribution in [0.25, 0.3) is 0 Å². The second-order valence-corrected chi connectivity index (χ2v) is 6.92. The molecule has 0 amide bonds. The van der Waals surface area contributed by atoms with Crippen molar-refractivity contribution in [3.05, 3.63) is 11.6 Å². The van der Waals surface area contributed by atoms with Crippen LogP contribution in [0.3, 0.4) is 0 Å². The Kier molecular flexibility index (Phi) is 7.72. The normalized spacial score (nSPS) is 24.4. The van der Waals surface area contributed by atoms with Crippen LogP contribution in [-0.4, -0.2) is 12.6 Å². The highest BCUT2D eigenvalue weighted by molar-refractivity contribution is 5.13. The fourth-order valence-corrected chi connectivity index (χ4v) is 4.04. The third-order valence-corrected chi connectivity index (χ3v) is 5.21. The molecule has 0 aromatic heterocycles. The Morgan fingerprint density at radius 2 is 1.70 bits per heavy atom. The third kappa shape index (κ3) is 5.24. The molecule has 0 aromatic carbocycles. The van der Waals surface area contributed by atoms with Crippen LogP contribution in [0.15, 0.2) is 11.6 Å². The smallest absolute Gasteiger partial charge is 0.0307 e. The Morgan fingerprint density at radius 3 is 2.45 bits per heavy atom. The number of hydrogen-bond acceptors (Lipinski definition) is 1. The first-order valence-electron chi connectivity index (χ1n) is 9.34. The number of rotatable bonds is 5. The van der Waals surface area contributed by atoms with E-state index in [2.05, 4.69) is 18.3 Å². The quantitative estimate of drug-likeness (QED) is 0.509. The minimum Gasteiger partial charge on any atom is -0.310 e. The minimum absolute atomic E-state index is 0.700. The molecule has 0 aromatic rings. The first-order chi connectivity index (χ1) is 9.92. The largest absolute Gasteiger partial charge is 0.310 e. The van der Waals surface area contributed by atoms with E-state index in [0.717, 1.165) is 5.92 Å². The van der Waals surface area contributed by atoms with Crippen LogP contribution in [0.2, 0.25) is 0 Å². The van der Waals surface area contributed by atoms with E-state index in [9.17, 15) is 0 Å². The van der Waals surface area contributed by atoms with Crippen molar-refractivity contribution in [2.24, 2.45) is 5.92 Å². The molecule has 1 atom stereocenters. The first-order valence-corrected chi connectivity index (χ1v) is 9.34. The van der Waals surface area contributed by atoms with Gasteiger partial charge in [-0.25, -0.2) is 0 Å². The molecule has 0 bridgehead atoms. The van der Waals surface area contributed by atoms with Gasteiger partial charge in [0.25, 0.3) is 0 Å². The molecule has 0 aliphatic heterocycles. The van der Waals surface area contributed by atoms with Crippen molar-refractivity contribution < 1.29 is 0 Å². The summed E-state index contributed by atoms with van der Waals surface area (Å²) in [7, 11) is 0. The van der Waals surface area contributed by atoms with Crippen molar-refractivity contribution in [3.8, 4) is 0 Å². The molecule has 0 spiro atoms. The molecule has 1 N–H and O–H groups in total. The Morgan fingerprint density at radius 1 is 1.00 bits per heavy atom. The summed E-state index contributed by atoms with van der Waals surface area (Å²) in [6, 6.07) is 0.700. The zero-order valence-corrected chi connectivity index (χ0v) is 13.6. The van der Waals surface area contributed by atoms with Crippen molar-refractivity contribution in [1.29, 1.82) is 0 Å². The van der Waals surface area contributed by atoms with Gasteiger partial charge in [0.05, 0.1) is 0 Å². The van der Waals surface area contributed by atoms with Gasteiger partial charge in [-0.15, -0.1) is 0 Å². The fourth-order valence-electron chi connectivity index (χ4n) is 4.04. The highest BCUT2D eigenvalue weighted by Crippen LogP contribution is 2.31. The molecule has 0 heterocycles. The first kappa shape index (κ1) is 16.1. The van der Waals surface area contributed by atoms with Gasteiger partial charge in [0.2, 0.25) is 0 Å². The van der Waals surface area contributed by atoms with Crippen LogP contribution in [0.4, 0.5) is 0 Å². The van der Waals surface area contributed by atoms with Crippen LogP contribution in [-0.2, 0) is 0 Å². The van der Waals surface area contributed by atoms with Gasteiger partial charge in [-0.2, -0.15) is 0 Å². The summed E-state index contributed by atoms with van der Waals surface area (Å²) < 4.78 is 0. The SMILES string of the molecule is CCCNC(C1=CCCCCCC1)C1CCCCCC1.